The summed E-state index contributed by atoms with van der Waals surface area (Å²) in [5, 5.41) is 9.85. The Morgan fingerprint density at radius 3 is 2.32 bits per heavy atom. The van der Waals surface area contributed by atoms with Gasteiger partial charge in [0.2, 0.25) is 0 Å². The molecule has 0 aromatic heterocycles. The second kappa shape index (κ2) is 6.67. The number of methoxy groups -OCH3 is 1. The second-order valence-corrected chi connectivity index (χ2v) is 6.45. The Balaban J connectivity index is 1.86. The van der Waals surface area contributed by atoms with Gasteiger partial charge in [0.15, 0.2) is 0 Å². The van der Waals surface area contributed by atoms with E-state index >= 15 is 0 Å². The lowest BCUT2D eigenvalue weighted by Gasteiger charge is -2.25. The molecule has 0 heterocycles. The third-order valence-corrected chi connectivity index (χ3v) is 5.12. The monoisotopic (exact) mass is 342 g/mol. The number of carbonyl (C=O) groups is 2. The number of aliphatic carboxylic acids is 1. The van der Waals surface area contributed by atoms with Crippen LogP contribution in [0.15, 0.2) is 48.5 Å². The molecule has 1 aliphatic rings. The first-order valence-electron chi connectivity index (χ1n) is 8.14. The van der Waals surface area contributed by atoms with Crippen molar-refractivity contribution in [3.05, 3.63) is 71.0 Å². The van der Waals surface area contributed by atoms with Gasteiger partial charge in [0.1, 0.15) is 5.82 Å². The molecule has 0 radical (unpaired) electrons. The highest BCUT2D eigenvalue weighted by atomic mass is 19.1. The normalized spacial score (nSPS) is 22.6. The van der Waals surface area contributed by atoms with Gasteiger partial charge in [0.25, 0.3) is 0 Å². The molecule has 1 N–H and O–H groups in total. The standard InChI is InChI=1S/C20H19FO4/c1-25-18(22)14-4-2-13(3-5-14)15-10-11-20(12-15,19(23)24)16-6-8-17(21)9-7-16/h2-9,15H,10-12H2,1H3,(H,23,24). The second-order valence-electron chi connectivity index (χ2n) is 6.45. The molecule has 5 heteroatoms. The van der Waals surface area contributed by atoms with Crippen molar-refractivity contribution in [1.29, 1.82) is 0 Å². The summed E-state index contributed by atoms with van der Waals surface area (Å²) in [6.07, 6.45) is 1.67. The molecule has 1 saturated carbocycles. The molecule has 25 heavy (non-hydrogen) atoms. The minimum atomic E-state index is -1.00. The summed E-state index contributed by atoms with van der Waals surface area (Å²) in [6, 6.07) is 12.8. The smallest absolute Gasteiger partial charge is 0.337 e. The van der Waals surface area contributed by atoms with Crippen LogP contribution in [0, 0.1) is 5.82 Å². The van der Waals surface area contributed by atoms with Crippen LogP contribution in [-0.2, 0) is 14.9 Å². The summed E-state index contributed by atoms with van der Waals surface area (Å²) in [5.74, 6) is -1.58. The Morgan fingerprint density at radius 1 is 1.12 bits per heavy atom. The zero-order chi connectivity index (χ0) is 18.0. The summed E-state index contributed by atoms with van der Waals surface area (Å²) < 4.78 is 17.9. The summed E-state index contributed by atoms with van der Waals surface area (Å²) in [6.45, 7) is 0. The number of carboxylic acid groups (broad SMARTS) is 1. The lowest BCUT2D eigenvalue weighted by atomic mass is 9.77. The molecule has 0 saturated heterocycles. The molecule has 2 atom stereocenters. The molecule has 130 valence electrons. The van der Waals surface area contributed by atoms with Crippen molar-refractivity contribution in [2.24, 2.45) is 0 Å². The average molecular weight is 342 g/mol. The van der Waals surface area contributed by atoms with Gasteiger partial charge < -0.3 is 9.84 Å². The molecule has 0 bridgehead atoms. The average Bonchev–Trinajstić information content (AvgIpc) is 3.08. The van der Waals surface area contributed by atoms with E-state index in [4.69, 9.17) is 0 Å². The highest BCUT2D eigenvalue weighted by Gasteiger charge is 2.47. The van der Waals surface area contributed by atoms with Crippen LogP contribution in [0.1, 0.15) is 46.7 Å². The van der Waals surface area contributed by atoms with Gasteiger partial charge in [0, 0.05) is 0 Å². The maximum Gasteiger partial charge on any atom is 0.337 e. The molecule has 1 aliphatic carbocycles. The third-order valence-electron chi connectivity index (χ3n) is 5.12. The molecule has 2 aromatic carbocycles. The van der Waals surface area contributed by atoms with Crippen molar-refractivity contribution >= 4 is 11.9 Å². The van der Waals surface area contributed by atoms with Crippen LogP contribution in [0.2, 0.25) is 0 Å². The SMILES string of the molecule is COC(=O)c1ccc(C2CCC(C(=O)O)(c3ccc(F)cc3)C2)cc1. The first-order chi connectivity index (χ1) is 12.0. The zero-order valence-corrected chi connectivity index (χ0v) is 13.9. The molecule has 1 fully saturated rings. The van der Waals surface area contributed by atoms with Crippen LogP contribution in [0.5, 0.6) is 0 Å². The molecule has 4 nitrogen and oxygen atoms in total. The fraction of sp³-hybridized carbons (Fsp3) is 0.300. The number of benzene rings is 2. The largest absolute Gasteiger partial charge is 0.481 e. The summed E-state index contributed by atoms with van der Waals surface area (Å²) in [4.78, 5) is 23.5. The van der Waals surface area contributed by atoms with Crippen molar-refractivity contribution in [3.8, 4) is 0 Å². The lowest BCUT2D eigenvalue weighted by molar-refractivity contribution is -0.143. The topological polar surface area (TPSA) is 63.6 Å². The Morgan fingerprint density at radius 2 is 1.76 bits per heavy atom. The minimum absolute atomic E-state index is 0.0767. The quantitative estimate of drug-likeness (QED) is 0.856. The van der Waals surface area contributed by atoms with Crippen molar-refractivity contribution in [2.45, 2.75) is 30.6 Å². The number of hydrogen-bond donors (Lipinski definition) is 1. The third kappa shape index (κ3) is 3.14. The van der Waals surface area contributed by atoms with Gasteiger partial charge in [-0.3, -0.25) is 4.79 Å². The molecule has 0 amide bonds. The number of carbonyl (C=O) groups excluding carboxylic acids is 1. The van der Waals surface area contributed by atoms with Crippen LogP contribution in [0.4, 0.5) is 4.39 Å². The van der Waals surface area contributed by atoms with E-state index < -0.39 is 17.4 Å². The van der Waals surface area contributed by atoms with Crippen molar-refractivity contribution in [2.75, 3.05) is 7.11 Å². The zero-order valence-electron chi connectivity index (χ0n) is 13.9. The van der Waals surface area contributed by atoms with Gasteiger partial charge in [-0.1, -0.05) is 24.3 Å². The van der Waals surface area contributed by atoms with Crippen LogP contribution >= 0.6 is 0 Å². The van der Waals surface area contributed by atoms with E-state index in [2.05, 4.69) is 4.74 Å². The summed E-state index contributed by atoms with van der Waals surface area (Å²) >= 11 is 0. The van der Waals surface area contributed by atoms with Crippen LogP contribution in [0.25, 0.3) is 0 Å². The van der Waals surface area contributed by atoms with E-state index in [9.17, 15) is 19.1 Å². The molecule has 2 aromatic rings. The predicted octanol–water partition coefficient (Wildman–Crippen LogP) is 3.90. The number of hydrogen-bond acceptors (Lipinski definition) is 3. The minimum Gasteiger partial charge on any atom is -0.481 e. The van der Waals surface area contributed by atoms with Crippen LogP contribution in [0.3, 0.4) is 0 Å². The van der Waals surface area contributed by atoms with Gasteiger partial charge in [-0.15, -0.1) is 0 Å². The fourth-order valence-electron chi connectivity index (χ4n) is 3.69. The highest BCUT2D eigenvalue weighted by molar-refractivity contribution is 5.89. The van der Waals surface area contributed by atoms with E-state index in [0.717, 1.165) is 12.0 Å². The number of esters is 1. The van der Waals surface area contributed by atoms with E-state index in [0.29, 0.717) is 24.0 Å². The maximum absolute atomic E-state index is 13.2. The molecular formula is C20H19FO4. The first-order valence-corrected chi connectivity index (χ1v) is 8.14. The van der Waals surface area contributed by atoms with Crippen LogP contribution in [-0.4, -0.2) is 24.2 Å². The maximum atomic E-state index is 13.2. The van der Waals surface area contributed by atoms with Gasteiger partial charge in [-0.2, -0.15) is 0 Å². The molecule has 0 aliphatic heterocycles. The van der Waals surface area contributed by atoms with Crippen molar-refractivity contribution in [3.63, 3.8) is 0 Å². The summed E-state index contributed by atoms with van der Waals surface area (Å²) in [7, 11) is 1.33. The molecule has 3 rings (SSSR count). The number of ether oxygens (including phenoxy) is 1. The van der Waals surface area contributed by atoms with Crippen LogP contribution < -0.4 is 0 Å². The molecule has 0 spiro atoms. The van der Waals surface area contributed by atoms with Gasteiger partial charge in [0.05, 0.1) is 18.1 Å². The Hall–Kier alpha value is -2.69. The van der Waals surface area contributed by atoms with Crippen molar-refractivity contribution < 1.29 is 23.8 Å². The number of halogens is 1. The van der Waals surface area contributed by atoms with Gasteiger partial charge in [-0.25, -0.2) is 9.18 Å². The van der Waals surface area contributed by atoms with E-state index in [-0.39, 0.29) is 11.7 Å². The molecular weight excluding hydrogens is 323 g/mol. The van der Waals surface area contributed by atoms with E-state index in [1.165, 1.54) is 19.2 Å². The van der Waals surface area contributed by atoms with Gasteiger partial charge in [-0.05, 0) is 60.6 Å². The predicted molar refractivity (Wildman–Crippen MR) is 90.1 cm³/mol. The Bertz CT molecular complexity index is 782. The summed E-state index contributed by atoms with van der Waals surface area (Å²) in [5.41, 5.74) is 1.10. The lowest BCUT2D eigenvalue weighted by Crippen LogP contribution is -2.33. The number of rotatable bonds is 4. The van der Waals surface area contributed by atoms with Crippen molar-refractivity contribution in [1.82, 2.24) is 0 Å². The fourth-order valence-corrected chi connectivity index (χ4v) is 3.69. The Labute approximate surface area is 145 Å². The van der Waals surface area contributed by atoms with E-state index in [1.807, 2.05) is 12.1 Å². The van der Waals surface area contributed by atoms with E-state index in [1.54, 1.807) is 24.3 Å². The first kappa shape index (κ1) is 17.1. The van der Waals surface area contributed by atoms with Gasteiger partial charge >= 0.3 is 11.9 Å². The number of carboxylic acids is 1. The highest BCUT2D eigenvalue weighted by Crippen LogP contribution is 2.48. The molecule has 2 unspecified atom stereocenters. The Kier molecular flexibility index (Phi) is 4.57.